The minimum Gasteiger partial charge on any atom is -0.393 e. The van der Waals surface area contributed by atoms with E-state index in [9.17, 15) is 18.3 Å². The third kappa shape index (κ3) is 5.59. The molecule has 8 heteroatoms. The molecule has 1 heterocycles. The van der Waals surface area contributed by atoms with Gasteiger partial charge in [-0.05, 0) is 64.5 Å². The van der Waals surface area contributed by atoms with E-state index in [4.69, 9.17) is 0 Å². The quantitative estimate of drug-likeness (QED) is 0.634. The average Bonchev–Trinajstić information content (AvgIpc) is 2.42. The smallest absolute Gasteiger partial charge is 0.235 e. The minimum atomic E-state index is -3.37. The number of halogens is 1. The monoisotopic (exact) mass is 368 g/mol. The summed E-state index contributed by atoms with van der Waals surface area (Å²) in [6, 6.07) is -0.0136. The first-order valence-corrected chi connectivity index (χ1v) is 9.91. The summed E-state index contributed by atoms with van der Waals surface area (Å²) in [5.74, 6) is -0.214. The van der Waals surface area contributed by atoms with Crippen LogP contribution in [0.2, 0.25) is 0 Å². The number of sulfone groups is 1. The number of rotatable bonds is 6. The van der Waals surface area contributed by atoms with Crippen molar-refractivity contribution in [3.05, 3.63) is 0 Å². The maximum absolute atomic E-state index is 12.2. The predicted molar refractivity (Wildman–Crippen MR) is 92.4 cm³/mol. The van der Waals surface area contributed by atoms with E-state index >= 15 is 0 Å². The normalized spacial score (nSPS) is 27.0. The zero-order chi connectivity index (χ0) is 16.3. The van der Waals surface area contributed by atoms with Crippen molar-refractivity contribution in [2.45, 2.75) is 56.9 Å². The third-order valence-electron chi connectivity index (χ3n) is 4.93. The Bertz CT molecular complexity index is 486. The fraction of sp³-hybridized carbons (Fsp3) is 0.933. The Morgan fingerprint density at radius 1 is 1.22 bits per heavy atom. The Morgan fingerprint density at radius 3 is 2.26 bits per heavy atom. The van der Waals surface area contributed by atoms with Crippen molar-refractivity contribution in [1.82, 2.24) is 10.6 Å². The third-order valence-corrected chi connectivity index (χ3v) is 7.03. The van der Waals surface area contributed by atoms with Crippen molar-refractivity contribution in [2.75, 3.05) is 18.8 Å². The SMILES string of the molecule is CC(C)S(=O)(=O)CC(=O)NC(C1CCNCC1)C1CC(O)C1.Cl. The van der Waals surface area contributed by atoms with Gasteiger partial charge in [-0.25, -0.2) is 8.42 Å². The molecule has 1 atom stereocenters. The zero-order valence-electron chi connectivity index (χ0n) is 13.8. The molecule has 1 unspecified atom stereocenters. The predicted octanol–water partition coefficient (Wildman–Crippen LogP) is 0.487. The lowest BCUT2D eigenvalue weighted by Gasteiger charge is -2.43. The van der Waals surface area contributed by atoms with Crippen LogP contribution in [-0.2, 0) is 14.6 Å². The van der Waals surface area contributed by atoms with Gasteiger partial charge in [0.25, 0.3) is 0 Å². The Kier molecular flexibility index (Phi) is 7.77. The van der Waals surface area contributed by atoms with E-state index in [0.29, 0.717) is 18.8 Å². The van der Waals surface area contributed by atoms with Crippen LogP contribution in [0, 0.1) is 11.8 Å². The largest absolute Gasteiger partial charge is 0.393 e. The molecular formula is C15H29ClN2O4S. The van der Waals surface area contributed by atoms with Crippen molar-refractivity contribution in [3.63, 3.8) is 0 Å². The van der Waals surface area contributed by atoms with Gasteiger partial charge in [-0.3, -0.25) is 4.79 Å². The van der Waals surface area contributed by atoms with Gasteiger partial charge in [-0.2, -0.15) is 0 Å². The van der Waals surface area contributed by atoms with Crippen molar-refractivity contribution in [1.29, 1.82) is 0 Å². The van der Waals surface area contributed by atoms with Crippen LogP contribution in [-0.4, -0.2) is 55.7 Å². The van der Waals surface area contributed by atoms with Gasteiger partial charge < -0.3 is 15.7 Å². The Hall–Kier alpha value is -0.370. The summed E-state index contributed by atoms with van der Waals surface area (Å²) in [5, 5.41) is 15.3. The molecule has 2 rings (SSSR count). The molecule has 2 fully saturated rings. The summed E-state index contributed by atoms with van der Waals surface area (Å²) < 4.78 is 23.8. The summed E-state index contributed by atoms with van der Waals surface area (Å²) in [6.07, 6.45) is 3.09. The molecule has 1 saturated carbocycles. The van der Waals surface area contributed by atoms with Gasteiger partial charge in [0.05, 0.1) is 11.4 Å². The van der Waals surface area contributed by atoms with E-state index in [1.54, 1.807) is 13.8 Å². The number of aliphatic hydroxyl groups is 1. The number of nitrogens with one attached hydrogen (secondary N) is 2. The van der Waals surface area contributed by atoms with Gasteiger partial charge in [-0.15, -0.1) is 12.4 Å². The number of carbonyl (C=O) groups excluding carboxylic acids is 1. The Balaban J connectivity index is 0.00000264. The highest BCUT2D eigenvalue weighted by molar-refractivity contribution is 7.92. The van der Waals surface area contributed by atoms with Gasteiger partial charge in [0.1, 0.15) is 5.75 Å². The molecule has 1 saturated heterocycles. The van der Waals surface area contributed by atoms with Crippen molar-refractivity contribution in [3.8, 4) is 0 Å². The van der Waals surface area contributed by atoms with Gasteiger partial charge in [0, 0.05) is 6.04 Å². The van der Waals surface area contributed by atoms with Crippen molar-refractivity contribution < 1.29 is 18.3 Å². The van der Waals surface area contributed by atoms with E-state index in [1.165, 1.54) is 0 Å². The molecule has 1 amide bonds. The second kappa shape index (κ2) is 8.65. The van der Waals surface area contributed by atoms with Crippen LogP contribution < -0.4 is 10.6 Å². The first-order valence-electron chi connectivity index (χ1n) is 8.19. The second-order valence-corrected chi connectivity index (χ2v) is 9.48. The molecule has 136 valence electrons. The number of amides is 1. The molecule has 6 nitrogen and oxygen atoms in total. The maximum Gasteiger partial charge on any atom is 0.235 e. The lowest BCUT2D eigenvalue weighted by molar-refractivity contribution is -0.121. The van der Waals surface area contributed by atoms with Crippen molar-refractivity contribution >= 4 is 28.2 Å². The van der Waals surface area contributed by atoms with Gasteiger partial charge in [-0.1, -0.05) is 0 Å². The summed E-state index contributed by atoms with van der Waals surface area (Å²) in [4.78, 5) is 12.2. The summed E-state index contributed by atoms with van der Waals surface area (Å²) in [7, 11) is -3.37. The van der Waals surface area contributed by atoms with Gasteiger partial charge >= 0.3 is 0 Å². The zero-order valence-corrected chi connectivity index (χ0v) is 15.5. The topological polar surface area (TPSA) is 95.5 Å². The fourth-order valence-electron chi connectivity index (χ4n) is 3.32. The highest BCUT2D eigenvalue weighted by atomic mass is 35.5. The van der Waals surface area contributed by atoms with E-state index in [0.717, 1.165) is 25.9 Å². The van der Waals surface area contributed by atoms with E-state index in [-0.39, 0.29) is 30.5 Å². The molecule has 1 aliphatic heterocycles. The highest BCUT2D eigenvalue weighted by Gasteiger charge is 2.39. The molecular weight excluding hydrogens is 340 g/mol. The minimum absolute atomic E-state index is 0. The van der Waals surface area contributed by atoms with Gasteiger partial charge in [0.15, 0.2) is 9.84 Å². The molecule has 0 bridgehead atoms. The summed E-state index contributed by atoms with van der Waals surface area (Å²) >= 11 is 0. The van der Waals surface area contributed by atoms with Crippen LogP contribution in [0.5, 0.6) is 0 Å². The average molecular weight is 369 g/mol. The molecule has 0 radical (unpaired) electrons. The van der Waals surface area contributed by atoms with Crippen LogP contribution in [0.3, 0.4) is 0 Å². The Morgan fingerprint density at radius 2 is 1.78 bits per heavy atom. The Labute approximate surface area is 145 Å². The molecule has 23 heavy (non-hydrogen) atoms. The molecule has 0 aromatic rings. The molecule has 3 N–H and O–H groups in total. The van der Waals surface area contributed by atoms with E-state index in [2.05, 4.69) is 10.6 Å². The van der Waals surface area contributed by atoms with Crippen LogP contribution in [0.15, 0.2) is 0 Å². The number of hydrogen-bond donors (Lipinski definition) is 3. The summed E-state index contributed by atoms with van der Waals surface area (Å²) in [5.41, 5.74) is 0. The molecule has 0 spiro atoms. The number of aliphatic hydroxyl groups excluding tert-OH is 1. The molecule has 0 aromatic carbocycles. The van der Waals surface area contributed by atoms with E-state index in [1.807, 2.05) is 0 Å². The lowest BCUT2D eigenvalue weighted by atomic mass is 9.71. The van der Waals surface area contributed by atoms with Crippen LogP contribution in [0.4, 0.5) is 0 Å². The van der Waals surface area contributed by atoms with Gasteiger partial charge in [0.2, 0.25) is 5.91 Å². The number of hydrogen-bond acceptors (Lipinski definition) is 5. The first-order chi connectivity index (χ1) is 10.3. The highest BCUT2D eigenvalue weighted by Crippen LogP contribution is 2.35. The molecule has 2 aliphatic rings. The van der Waals surface area contributed by atoms with Crippen LogP contribution >= 0.6 is 12.4 Å². The standard InChI is InChI=1S/C15H28N2O4S.ClH/c1-10(2)22(20,21)9-14(19)17-15(12-7-13(18)8-12)11-3-5-16-6-4-11;/h10-13,15-16,18H,3-9H2,1-2H3,(H,17,19);1H. The lowest BCUT2D eigenvalue weighted by Crippen LogP contribution is -2.54. The first kappa shape index (κ1) is 20.7. The summed E-state index contributed by atoms with van der Waals surface area (Å²) in [6.45, 7) is 5.04. The fourth-order valence-corrected chi connectivity index (χ4v) is 4.11. The van der Waals surface area contributed by atoms with Crippen LogP contribution in [0.1, 0.15) is 39.5 Å². The molecule has 0 aromatic heterocycles. The van der Waals surface area contributed by atoms with Crippen LogP contribution in [0.25, 0.3) is 0 Å². The van der Waals surface area contributed by atoms with Crippen molar-refractivity contribution in [2.24, 2.45) is 11.8 Å². The maximum atomic E-state index is 12.2. The van der Waals surface area contributed by atoms with E-state index < -0.39 is 26.7 Å². The number of piperidine rings is 1. The second-order valence-electron chi connectivity index (χ2n) is 6.92. The number of carbonyl (C=O) groups is 1. The molecule has 1 aliphatic carbocycles.